The SMILES string of the molecule is COc1ccc(C2(C)NC(=O)N(NC(=O)CN3CCCN(c4nccs4)CC3)C2=O)cc1. The second-order valence-electron chi connectivity index (χ2n) is 7.89. The number of methoxy groups -OCH3 is 1. The summed E-state index contributed by atoms with van der Waals surface area (Å²) in [4.78, 5) is 46.7. The molecular formula is C21H26N6O4S. The van der Waals surface area contributed by atoms with E-state index in [9.17, 15) is 14.4 Å². The van der Waals surface area contributed by atoms with Crippen LogP contribution in [0, 0.1) is 0 Å². The van der Waals surface area contributed by atoms with Gasteiger partial charge >= 0.3 is 6.03 Å². The Morgan fingerprint density at radius 1 is 1.22 bits per heavy atom. The van der Waals surface area contributed by atoms with Gasteiger partial charge in [0.15, 0.2) is 5.13 Å². The van der Waals surface area contributed by atoms with E-state index in [1.165, 1.54) is 0 Å². The van der Waals surface area contributed by atoms with E-state index in [2.05, 4.69) is 20.6 Å². The molecule has 3 heterocycles. The fourth-order valence-electron chi connectivity index (χ4n) is 3.92. The summed E-state index contributed by atoms with van der Waals surface area (Å²) in [6.07, 6.45) is 2.68. The number of ether oxygens (including phenoxy) is 1. The Bertz CT molecular complexity index is 983. The van der Waals surface area contributed by atoms with E-state index < -0.39 is 23.4 Å². The van der Waals surface area contributed by atoms with Crippen LogP contribution < -0.4 is 20.4 Å². The lowest BCUT2D eigenvalue weighted by Gasteiger charge is -2.23. The summed E-state index contributed by atoms with van der Waals surface area (Å²) in [6.45, 7) is 4.79. The summed E-state index contributed by atoms with van der Waals surface area (Å²) >= 11 is 1.60. The average molecular weight is 459 g/mol. The Kier molecular flexibility index (Phi) is 6.28. The Hall–Kier alpha value is -3.18. The molecule has 11 heteroatoms. The van der Waals surface area contributed by atoms with Crippen molar-refractivity contribution in [3.05, 3.63) is 41.4 Å². The van der Waals surface area contributed by atoms with E-state index in [0.29, 0.717) is 17.9 Å². The first-order valence-corrected chi connectivity index (χ1v) is 11.3. The number of carbonyl (C=O) groups is 3. The quantitative estimate of drug-likeness (QED) is 0.626. The van der Waals surface area contributed by atoms with Crippen LogP contribution in [0.1, 0.15) is 18.9 Å². The number of hydrazine groups is 1. The number of carbonyl (C=O) groups excluding carboxylic acids is 3. The summed E-state index contributed by atoms with van der Waals surface area (Å²) in [5.41, 5.74) is 1.80. The summed E-state index contributed by atoms with van der Waals surface area (Å²) in [6, 6.07) is 6.21. The molecule has 2 aliphatic rings. The van der Waals surface area contributed by atoms with Gasteiger partial charge in [-0.25, -0.2) is 9.78 Å². The lowest BCUT2D eigenvalue weighted by Crippen LogP contribution is -2.51. The van der Waals surface area contributed by atoms with E-state index in [1.54, 1.807) is 55.8 Å². The van der Waals surface area contributed by atoms with Crippen molar-refractivity contribution in [1.29, 1.82) is 0 Å². The number of urea groups is 1. The molecule has 1 atom stereocenters. The third-order valence-corrected chi connectivity index (χ3v) is 6.57. The molecule has 1 unspecified atom stereocenters. The Labute approximate surface area is 190 Å². The lowest BCUT2D eigenvalue weighted by molar-refractivity contribution is -0.139. The molecule has 2 aromatic rings. The van der Waals surface area contributed by atoms with Crippen LogP contribution in [-0.4, -0.2) is 72.6 Å². The number of hydrogen-bond donors (Lipinski definition) is 2. The number of anilines is 1. The van der Waals surface area contributed by atoms with Gasteiger partial charge in [-0.1, -0.05) is 12.1 Å². The van der Waals surface area contributed by atoms with Crippen LogP contribution in [0.4, 0.5) is 9.93 Å². The molecule has 0 spiro atoms. The number of rotatable bonds is 6. The smallest absolute Gasteiger partial charge is 0.344 e. The first-order valence-electron chi connectivity index (χ1n) is 10.4. The summed E-state index contributed by atoms with van der Waals surface area (Å²) in [5, 5.41) is 6.38. The summed E-state index contributed by atoms with van der Waals surface area (Å²) in [7, 11) is 1.55. The number of aromatic nitrogens is 1. The number of nitrogens with zero attached hydrogens (tertiary/aromatic N) is 4. The van der Waals surface area contributed by atoms with Crippen LogP contribution in [0.2, 0.25) is 0 Å². The van der Waals surface area contributed by atoms with Gasteiger partial charge in [0, 0.05) is 37.8 Å². The van der Waals surface area contributed by atoms with E-state index in [1.807, 2.05) is 10.3 Å². The predicted octanol–water partition coefficient (Wildman–Crippen LogP) is 1.16. The monoisotopic (exact) mass is 458 g/mol. The molecule has 170 valence electrons. The Morgan fingerprint density at radius 2 is 2.00 bits per heavy atom. The number of nitrogens with one attached hydrogen (secondary N) is 2. The highest BCUT2D eigenvalue weighted by Crippen LogP contribution is 2.29. The zero-order chi connectivity index (χ0) is 22.7. The van der Waals surface area contributed by atoms with Gasteiger partial charge in [-0.2, -0.15) is 5.01 Å². The van der Waals surface area contributed by atoms with E-state index >= 15 is 0 Å². The van der Waals surface area contributed by atoms with Gasteiger partial charge in [0.2, 0.25) is 0 Å². The van der Waals surface area contributed by atoms with Gasteiger partial charge in [-0.15, -0.1) is 11.3 Å². The second kappa shape index (κ2) is 9.13. The van der Waals surface area contributed by atoms with Crippen LogP contribution in [-0.2, 0) is 15.1 Å². The van der Waals surface area contributed by atoms with Gasteiger partial charge in [-0.05, 0) is 31.0 Å². The van der Waals surface area contributed by atoms with Crippen molar-refractivity contribution in [3.8, 4) is 5.75 Å². The van der Waals surface area contributed by atoms with Crippen molar-refractivity contribution in [2.24, 2.45) is 0 Å². The second-order valence-corrected chi connectivity index (χ2v) is 8.76. The standard InChI is InChI=1S/C21H26N6O4S/c1-21(15-4-6-16(31-2)7-5-15)18(29)27(19(30)23-21)24-17(28)14-25-9-3-10-26(12-11-25)20-22-8-13-32-20/h4-8,13H,3,9-12,14H2,1-2H3,(H,23,30)(H,24,28). The first kappa shape index (κ1) is 22.0. The maximum Gasteiger partial charge on any atom is 0.344 e. The van der Waals surface area contributed by atoms with Crippen molar-refractivity contribution >= 4 is 34.3 Å². The minimum absolute atomic E-state index is 0.0992. The maximum absolute atomic E-state index is 13.0. The Morgan fingerprint density at radius 3 is 2.69 bits per heavy atom. The van der Waals surface area contributed by atoms with Gasteiger partial charge in [0.25, 0.3) is 11.8 Å². The highest BCUT2D eigenvalue weighted by Gasteiger charge is 2.50. The fourth-order valence-corrected chi connectivity index (χ4v) is 4.61. The molecule has 0 saturated carbocycles. The zero-order valence-corrected chi connectivity index (χ0v) is 18.9. The largest absolute Gasteiger partial charge is 0.497 e. The van der Waals surface area contributed by atoms with Gasteiger partial charge in [0.1, 0.15) is 11.3 Å². The maximum atomic E-state index is 13.0. The van der Waals surface area contributed by atoms with Crippen molar-refractivity contribution in [2.45, 2.75) is 18.9 Å². The van der Waals surface area contributed by atoms with Crippen LogP contribution in [0.15, 0.2) is 35.8 Å². The molecule has 1 aromatic heterocycles. The third-order valence-electron chi connectivity index (χ3n) is 5.74. The van der Waals surface area contributed by atoms with Crippen LogP contribution >= 0.6 is 11.3 Å². The Balaban J connectivity index is 1.35. The van der Waals surface area contributed by atoms with Gasteiger partial charge in [-0.3, -0.25) is 19.9 Å². The molecule has 32 heavy (non-hydrogen) atoms. The molecule has 2 N–H and O–H groups in total. The molecule has 0 bridgehead atoms. The normalized spacial score (nSPS) is 21.9. The van der Waals surface area contributed by atoms with Crippen molar-refractivity contribution in [2.75, 3.05) is 44.7 Å². The van der Waals surface area contributed by atoms with E-state index in [-0.39, 0.29) is 6.54 Å². The molecule has 1 aromatic carbocycles. The van der Waals surface area contributed by atoms with E-state index in [0.717, 1.165) is 36.2 Å². The number of imide groups is 1. The third kappa shape index (κ3) is 4.39. The van der Waals surface area contributed by atoms with E-state index in [4.69, 9.17) is 4.74 Å². The molecule has 4 amide bonds. The van der Waals surface area contributed by atoms with Crippen molar-refractivity contribution in [3.63, 3.8) is 0 Å². The molecule has 0 aliphatic carbocycles. The fraction of sp³-hybridized carbons (Fsp3) is 0.429. The van der Waals surface area contributed by atoms with Gasteiger partial charge < -0.3 is 15.0 Å². The molecule has 10 nitrogen and oxygen atoms in total. The summed E-state index contributed by atoms with van der Waals surface area (Å²) in [5.74, 6) is -0.299. The van der Waals surface area contributed by atoms with Crippen molar-refractivity contribution in [1.82, 2.24) is 25.6 Å². The minimum Gasteiger partial charge on any atom is -0.497 e. The highest BCUT2D eigenvalue weighted by molar-refractivity contribution is 7.13. The van der Waals surface area contributed by atoms with Crippen LogP contribution in [0.3, 0.4) is 0 Å². The molecule has 0 radical (unpaired) electrons. The molecular weight excluding hydrogens is 432 g/mol. The van der Waals surface area contributed by atoms with Crippen LogP contribution in [0.5, 0.6) is 5.75 Å². The number of thiazole rings is 1. The lowest BCUT2D eigenvalue weighted by atomic mass is 9.92. The van der Waals surface area contributed by atoms with Gasteiger partial charge in [0.05, 0.1) is 13.7 Å². The van der Waals surface area contributed by atoms with Crippen LogP contribution in [0.25, 0.3) is 0 Å². The number of amides is 4. The summed E-state index contributed by atoms with van der Waals surface area (Å²) < 4.78 is 5.14. The molecule has 2 aliphatic heterocycles. The zero-order valence-electron chi connectivity index (χ0n) is 18.0. The van der Waals surface area contributed by atoms with Crippen molar-refractivity contribution < 1.29 is 19.1 Å². The number of benzene rings is 1. The molecule has 2 fully saturated rings. The average Bonchev–Trinajstić information content (AvgIpc) is 3.32. The topological polar surface area (TPSA) is 107 Å². The highest BCUT2D eigenvalue weighted by atomic mass is 32.1. The molecule has 4 rings (SSSR count). The predicted molar refractivity (Wildman–Crippen MR) is 119 cm³/mol. The molecule has 2 saturated heterocycles. The first-order chi connectivity index (χ1) is 15.4. The minimum atomic E-state index is -1.27. The number of hydrogen-bond acceptors (Lipinski definition) is 8.